The van der Waals surface area contributed by atoms with Crippen LogP contribution in [0.3, 0.4) is 0 Å². The fourth-order valence-corrected chi connectivity index (χ4v) is 0.807. The summed E-state index contributed by atoms with van der Waals surface area (Å²) in [6, 6.07) is 8.45. The van der Waals surface area contributed by atoms with Crippen molar-refractivity contribution in [1.29, 1.82) is 0 Å². The molecule has 1 aromatic carbocycles. The van der Waals surface area contributed by atoms with E-state index in [0.717, 1.165) is 0 Å². The van der Waals surface area contributed by atoms with Crippen LogP contribution < -0.4 is 0 Å². The van der Waals surface area contributed by atoms with Crippen LogP contribution in [0.15, 0.2) is 24.3 Å². The monoisotopic (exact) mass is 371 g/mol. The molecule has 2 heteroatoms. The average molecular weight is 371 g/mol. The van der Waals surface area contributed by atoms with Crippen molar-refractivity contribution in [3.05, 3.63) is 50.2 Å². The quantitative estimate of drug-likeness (QED) is 0.615. The molecule has 1 radical (unpaired) electrons. The minimum absolute atomic E-state index is 0. The minimum atomic E-state index is 0. The van der Waals surface area contributed by atoms with E-state index in [9.17, 15) is 0 Å². The molecule has 1 rings (SSSR count). The number of hydrogen-bond acceptors (Lipinski definition) is 0. The Labute approximate surface area is 103 Å². The van der Waals surface area contributed by atoms with E-state index in [1.807, 2.05) is 0 Å². The Bertz CT molecular complexity index is 170. The van der Waals surface area contributed by atoms with Crippen LogP contribution >= 0.6 is 0 Å². The second-order valence-corrected chi connectivity index (χ2v) is 2.16. The van der Waals surface area contributed by atoms with E-state index in [1.54, 1.807) is 0 Å². The fourth-order valence-electron chi connectivity index (χ4n) is 0.807. The molecule has 0 heterocycles. The van der Waals surface area contributed by atoms with Gasteiger partial charge >= 0.3 is 0 Å². The van der Waals surface area contributed by atoms with Gasteiger partial charge in [0.25, 0.3) is 0 Å². The van der Waals surface area contributed by atoms with Crippen molar-refractivity contribution in [1.82, 2.24) is 0 Å². The molecule has 0 aliphatic rings. The van der Waals surface area contributed by atoms with Gasteiger partial charge in [-0.2, -0.15) is 0 Å². The summed E-state index contributed by atoms with van der Waals surface area (Å²) in [7, 11) is 0. The van der Waals surface area contributed by atoms with E-state index < -0.39 is 0 Å². The second kappa shape index (κ2) is 11.5. The maximum Gasteiger partial charge on any atom is 0 e. The zero-order valence-electron chi connectivity index (χ0n) is 8.16. The van der Waals surface area contributed by atoms with E-state index in [4.69, 9.17) is 0 Å². The van der Waals surface area contributed by atoms with Crippen LogP contribution in [0.2, 0.25) is 0 Å². The Morgan fingerprint density at radius 2 is 1.25 bits per heavy atom. The van der Waals surface area contributed by atoms with Crippen LogP contribution in [0.1, 0.15) is 11.1 Å². The van der Waals surface area contributed by atoms with Gasteiger partial charge < -0.3 is 14.9 Å². The molecule has 0 fully saturated rings. The van der Waals surface area contributed by atoms with Crippen molar-refractivity contribution >= 4 is 0 Å². The van der Waals surface area contributed by atoms with Crippen molar-refractivity contribution in [3.8, 4) is 0 Å². The molecule has 0 saturated carbocycles. The van der Waals surface area contributed by atoms with Gasteiger partial charge in [-0.1, -0.05) is 35.4 Å². The standard InChI is InChI=1S/C8H10.2CH3.V.W/c1-7-4-3-5-8(2)6-7;;;;/h3-6H,1-2H3;2*1H3;;/q;2*-1;;. The first-order valence-electron chi connectivity index (χ1n) is 2.82. The topological polar surface area (TPSA) is 0 Å². The van der Waals surface area contributed by atoms with Crippen molar-refractivity contribution in [3.63, 3.8) is 0 Å². The fraction of sp³-hybridized carbons (Fsp3) is 0.200. The maximum absolute atomic E-state index is 2.17. The second-order valence-electron chi connectivity index (χ2n) is 2.16. The zero-order valence-corrected chi connectivity index (χ0v) is 12.5. The van der Waals surface area contributed by atoms with E-state index >= 15 is 0 Å². The molecule has 0 saturated heterocycles. The molecular formula is C10H16VW-2. The first-order valence-corrected chi connectivity index (χ1v) is 2.82. The third-order valence-electron chi connectivity index (χ3n) is 1.17. The summed E-state index contributed by atoms with van der Waals surface area (Å²) in [5, 5.41) is 0. The summed E-state index contributed by atoms with van der Waals surface area (Å²) in [5.41, 5.74) is 2.68. The van der Waals surface area contributed by atoms with Gasteiger partial charge in [-0.05, 0) is 13.8 Å². The predicted molar refractivity (Wildman–Crippen MR) is 48.7 cm³/mol. The van der Waals surface area contributed by atoms with Crippen molar-refractivity contribution in [2.24, 2.45) is 0 Å². The molecule has 0 N–H and O–H groups in total. The Kier molecular flexibility index (Phi) is 21.9. The molecule has 0 aliphatic carbocycles. The van der Waals surface area contributed by atoms with Crippen molar-refractivity contribution in [2.75, 3.05) is 0 Å². The molecule has 0 amide bonds. The molecule has 0 aromatic heterocycles. The van der Waals surface area contributed by atoms with E-state index in [-0.39, 0.29) is 54.5 Å². The number of aryl methyl sites for hydroxylation is 2. The summed E-state index contributed by atoms with van der Waals surface area (Å²) in [6.45, 7) is 4.21. The predicted octanol–water partition coefficient (Wildman–Crippen LogP) is 3.20. The van der Waals surface area contributed by atoms with Crippen LogP contribution in [0, 0.1) is 28.7 Å². The Morgan fingerprint density at radius 1 is 0.917 bits per heavy atom. The molecular weight excluding hydrogens is 355 g/mol. The molecule has 0 unspecified atom stereocenters. The van der Waals surface area contributed by atoms with Crippen LogP contribution in [-0.2, 0) is 39.6 Å². The van der Waals surface area contributed by atoms with Crippen LogP contribution in [-0.4, -0.2) is 0 Å². The Hall–Kier alpha value is 0.493. The third kappa shape index (κ3) is 8.59. The molecule has 0 bridgehead atoms. The van der Waals surface area contributed by atoms with E-state index in [1.165, 1.54) is 11.1 Å². The zero-order chi connectivity index (χ0) is 5.98. The van der Waals surface area contributed by atoms with Crippen molar-refractivity contribution < 1.29 is 39.6 Å². The summed E-state index contributed by atoms with van der Waals surface area (Å²) in [6.07, 6.45) is 0. The van der Waals surface area contributed by atoms with E-state index in [2.05, 4.69) is 38.1 Å². The summed E-state index contributed by atoms with van der Waals surface area (Å²) >= 11 is 0. The minimum Gasteiger partial charge on any atom is -0.358 e. The Morgan fingerprint density at radius 3 is 1.42 bits per heavy atom. The molecule has 0 aliphatic heterocycles. The summed E-state index contributed by atoms with van der Waals surface area (Å²) in [4.78, 5) is 0. The van der Waals surface area contributed by atoms with Crippen LogP contribution in [0.4, 0.5) is 0 Å². The van der Waals surface area contributed by atoms with E-state index in [0.29, 0.717) is 0 Å². The van der Waals surface area contributed by atoms with Gasteiger partial charge in [-0.25, -0.2) is 0 Å². The first kappa shape index (κ1) is 22.9. The van der Waals surface area contributed by atoms with Crippen LogP contribution in [0.5, 0.6) is 0 Å². The number of hydrogen-bond donors (Lipinski definition) is 0. The molecule has 12 heavy (non-hydrogen) atoms. The Balaban J connectivity index is -0.0000000800. The first-order chi connectivity index (χ1) is 3.79. The maximum atomic E-state index is 2.17. The van der Waals surface area contributed by atoms with Gasteiger partial charge in [-0.15, -0.1) is 0 Å². The van der Waals surface area contributed by atoms with Gasteiger partial charge in [0, 0.05) is 39.6 Å². The van der Waals surface area contributed by atoms with Gasteiger partial charge in [-0.3, -0.25) is 0 Å². The van der Waals surface area contributed by atoms with Gasteiger partial charge in [0.05, 0.1) is 0 Å². The smallest absolute Gasteiger partial charge is 0 e. The third-order valence-corrected chi connectivity index (χ3v) is 1.17. The van der Waals surface area contributed by atoms with Gasteiger partial charge in [0.2, 0.25) is 0 Å². The van der Waals surface area contributed by atoms with Gasteiger partial charge in [0.1, 0.15) is 0 Å². The van der Waals surface area contributed by atoms with Crippen LogP contribution in [0.25, 0.3) is 0 Å². The summed E-state index contributed by atoms with van der Waals surface area (Å²) < 4.78 is 0. The molecule has 1 aromatic rings. The number of rotatable bonds is 0. The molecule has 0 spiro atoms. The summed E-state index contributed by atoms with van der Waals surface area (Å²) in [5.74, 6) is 0. The van der Waals surface area contributed by atoms with Gasteiger partial charge in [0.15, 0.2) is 0 Å². The largest absolute Gasteiger partial charge is 0.358 e. The normalized spacial score (nSPS) is 6.17. The van der Waals surface area contributed by atoms with Crippen molar-refractivity contribution in [2.45, 2.75) is 13.8 Å². The molecule has 0 atom stereocenters. The molecule has 69 valence electrons. The SMILES string of the molecule is Cc1cccc(C)c1.[CH3-].[CH3-].[V].[W]. The average Bonchev–Trinajstić information content (AvgIpc) is 1.64. The number of benzene rings is 1. The molecule has 0 nitrogen and oxygen atoms in total.